The summed E-state index contributed by atoms with van der Waals surface area (Å²) < 4.78 is 10.1. The summed E-state index contributed by atoms with van der Waals surface area (Å²) in [5.41, 5.74) is 3.29. The van der Waals surface area contributed by atoms with E-state index in [4.69, 9.17) is 9.47 Å². The standard InChI is InChI=1S/C33H46N2O6/c1-6-19-40-32(38)34-22-26(4)14-10-7-9-13-24(2)20-25(3)17-18-30(36)27(5)31(37)35-29(23-41-33(35)39)21-28-15-11-8-12-16-28/h6-9,11-13,15-17,26-27,29-30,36H,1,10,14,18-23H2,2-5H3,(H,34,38)/b9-7+,24-13+,25-17+/t26-,27+,29+,30-/m0/s1. The third-order valence-corrected chi connectivity index (χ3v) is 7.01. The van der Waals surface area contributed by atoms with Crippen molar-refractivity contribution in [1.82, 2.24) is 10.2 Å². The second-order valence-corrected chi connectivity index (χ2v) is 10.8. The normalized spacial score (nSPS) is 18.1. The average molecular weight is 567 g/mol. The van der Waals surface area contributed by atoms with Crippen LogP contribution in [0.15, 0.2) is 78.4 Å². The van der Waals surface area contributed by atoms with E-state index in [0.717, 1.165) is 30.4 Å². The van der Waals surface area contributed by atoms with E-state index in [2.05, 4.69) is 37.9 Å². The molecular weight excluding hydrogens is 520 g/mol. The zero-order valence-electron chi connectivity index (χ0n) is 24.9. The number of carbonyl (C=O) groups excluding carboxylic acids is 3. The number of aliphatic hydroxyl groups is 1. The van der Waals surface area contributed by atoms with Crippen LogP contribution in [0.1, 0.15) is 58.9 Å². The fourth-order valence-corrected chi connectivity index (χ4v) is 4.50. The minimum Gasteiger partial charge on any atom is -0.447 e. The van der Waals surface area contributed by atoms with Gasteiger partial charge in [-0.15, -0.1) is 0 Å². The van der Waals surface area contributed by atoms with Crippen LogP contribution in [0.25, 0.3) is 0 Å². The van der Waals surface area contributed by atoms with Crippen molar-refractivity contribution in [3.05, 3.63) is 84.0 Å². The van der Waals surface area contributed by atoms with Gasteiger partial charge in [-0.1, -0.05) is 92.3 Å². The number of imide groups is 1. The maximum Gasteiger partial charge on any atom is 0.416 e. The predicted octanol–water partition coefficient (Wildman–Crippen LogP) is 6.13. The van der Waals surface area contributed by atoms with Crippen LogP contribution < -0.4 is 5.32 Å². The van der Waals surface area contributed by atoms with Gasteiger partial charge in [0.25, 0.3) is 0 Å². The van der Waals surface area contributed by atoms with E-state index in [-0.39, 0.29) is 19.3 Å². The molecule has 1 aliphatic rings. The maximum absolute atomic E-state index is 13.1. The van der Waals surface area contributed by atoms with E-state index >= 15 is 0 Å². The molecule has 0 spiro atoms. The van der Waals surface area contributed by atoms with E-state index in [1.807, 2.05) is 49.4 Å². The number of alkyl carbamates (subject to hydrolysis) is 1. The zero-order valence-corrected chi connectivity index (χ0v) is 24.9. The highest BCUT2D eigenvalue weighted by atomic mass is 16.6. The third-order valence-electron chi connectivity index (χ3n) is 7.01. The lowest BCUT2D eigenvalue weighted by molar-refractivity contribution is -0.136. The van der Waals surface area contributed by atoms with E-state index < -0.39 is 30.1 Å². The molecule has 8 heteroatoms. The van der Waals surface area contributed by atoms with Gasteiger partial charge in [0, 0.05) is 6.54 Å². The Balaban J connectivity index is 1.76. The Morgan fingerprint density at radius 3 is 2.66 bits per heavy atom. The number of carbonyl (C=O) groups is 3. The van der Waals surface area contributed by atoms with Crippen molar-refractivity contribution < 1.29 is 29.0 Å². The number of hydrogen-bond donors (Lipinski definition) is 2. The fourth-order valence-electron chi connectivity index (χ4n) is 4.50. The van der Waals surface area contributed by atoms with Crippen LogP contribution in [-0.4, -0.2) is 60.0 Å². The number of benzene rings is 1. The molecule has 1 fully saturated rings. The van der Waals surface area contributed by atoms with Crippen molar-refractivity contribution >= 4 is 18.1 Å². The number of ether oxygens (including phenoxy) is 2. The SMILES string of the molecule is C=CCOC(=O)NC[C@@H](C)CC/C=C/C=C(\C)C/C(C)=C/C[C@H](O)[C@@H](C)C(=O)N1C(=O)OC[C@H]1Cc1ccccc1. The van der Waals surface area contributed by atoms with Crippen LogP contribution in [-0.2, 0) is 20.7 Å². The number of nitrogens with one attached hydrogen (secondary N) is 1. The lowest BCUT2D eigenvalue weighted by atomic mass is 9.97. The molecule has 1 aromatic carbocycles. The molecular formula is C33H46N2O6. The molecule has 0 saturated carbocycles. The molecule has 1 aromatic rings. The predicted molar refractivity (Wildman–Crippen MR) is 161 cm³/mol. The Morgan fingerprint density at radius 1 is 1.22 bits per heavy atom. The molecule has 0 aromatic heterocycles. The van der Waals surface area contributed by atoms with Crippen molar-refractivity contribution in [2.24, 2.45) is 11.8 Å². The van der Waals surface area contributed by atoms with Gasteiger partial charge in [-0.2, -0.15) is 0 Å². The molecule has 0 bridgehead atoms. The van der Waals surface area contributed by atoms with E-state index in [0.29, 0.717) is 25.3 Å². The summed E-state index contributed by atoms with van der Waals surface area (Å²) in [5, 5.41) is 13.5. The number of nitrogens with zero attached hydrogens (tertiary/aromatic N) is 1. The highest BCUT2D eigenvalue weighted by molar-refractivity contribution is 5.95. The number of allylic oxidation sites excluding steroid dienone is 5. The first-order valence-corrected chi connectivity index (χ1v) is 14.3. The van der Waals surface area contributed by atoms with Crippen molar-refractivity contribution in [2.75, 3.05) is 19.8 Å². The van der Waals surface area contributed by atoms with Crippen LogP contribution in [0.3, 0.4) is 0 Å². The van der Waals surface area contributed by atoms with Crippen LogP contribution in [0.4, 0.5) is 9.59 Å². The van der Waals surface area contributed by atoms with Crippen LogP contribution >= 0.6 is 0 Å². The highest BCUT2D eigenvalue weighted by Gasteiger charge is 2.41. The molecule has 8 nitrogen and oxygen atoms in total. The lowest BCUT2D eigenvalue weighted by Gasteiger charge is -2.25. The summed E-state index contributed by atoms with van der Waals surface area (Å²) in [7, 11) is 0. The van der Waals surface area contributed by atoms with Gasteiger partial charge < -0.3 is 19.9 Å². The molecule has 1 saturated heterocycles. The summed E-state index contributed by atoms with van der Waals surface area (Å²) >= 11 is 0. The lowest BCUT2D eigenvalue weighted by Crippen LogP contribution is -2.45. The molecule has 1 heterocycles. The number of hydrogen-bond acceptors (Lipinski definition) is 6. The van der Waals surface area contributed by atoms with E-state index in [1.165, 1.54) is 16.5 Å². The summed E-state index contributed by atoms with van der Waals surface area (Å²) in [6, 6.07) is 9.29. The van der Waals surface area contributed by atoms with Gasteiger partial charge >= 0.3 is 12.2 Å². The molecule has 2 rings (SSSR count). The van der Waals surface area contributed by atoms with Crippen molar-refractivity contribution in [2.45, 2.75) is 71.9 Å². The summed E-state index contributed by atoms with van der Waals surface area (Å²) in [6.45, 7) is 12.2. The zero-order chi connectivity index (χ0) is 30.2. The monoisotopic (exact) mass is 566 g/mol. The number of aliphatic hydroxyl groups excluding tert-OH is 1. The van der Waals surface area contributed by atoms with E-state index in [1.54, 1.807) is 6.92 Å². The van der Waals surface area contributed by atoms with Gasteiger partial charge in [-0.05, 0) is 57.4 Å². The quantitative estimate of drug-likeness (QED) is 0.184. The first-order chi connectivity index (χ1) is 19.6. The van der Waals surface area contributed by atoms with Gasteiger partial charge in [-0.3, -0.25) is 4.79 Å². The molecule has 2 N–H and O–H groups in total. The largest absolute Gasteiger partial charge is 0.447 e. The van der Waals surface area contributed by atoms with Gasteiger partial charge in [0.15, 0.2) is 0 Å². The Kier molecular flexibility index (Phi) is 14.7. The summed E-state index contributed by atoms with van der Waals surface area (Å²) in [5.74, 6) is -0.818. The molecule has 0 radical (unpaired) electrons. The number of amides is 3. The maximum atomic E-state index is 13.1. The molecule has 41 heavy (non-hydrogen) atoms. The van der Waals surface area contributed by atoms with Gasteiger partial charge in [0.05, 0.1) is 18.1 Å². The number of cyclic esters (lactones) is 1. The Labute approximate surface area is 244 Å². The molecule has 0 aliphatic carbocycles. The molecule has 224 valence electrons. The molecule has 0 unspecified atom stereocenters. The smallest absolute Gasteiger partial charge is 0.416 e. The second-order valence-electron chi connectivity index (χ2n) is 10.8. The van der Waals surface area contributed by atoms with Crippen LogP contribution in [0, 0.1) is 11.8 Å². The minimum absolute atomic E-state index is 0.157. The summed E-state index contributed by atoms with van der Waals surface area (Å²) in [6.07, 6.45) is 11.2. The Hall–Kier alpha value is -3.65. The minimum atomic E-state index is -0.910. The highest BCUT2D eigenvalue weighted by Crippen LogP contribution is 2.23. The molecule has 3 amide bonds. The Morgan fingerprint density at radius 2 is 1.95 bits per heavy atom. The topological polar surface area (TPSA) is 105 Å². The van der Waals surface area contributed by atoms with Crippen molar-refractivity contribution in [1.29, 1.82) is 0 Å². The number of rotatable bonds is 16. The molecule has 4 atom stereocenters. The van der Waals surface area contributed by atoms with Crippen LogP contribution in [0.2, 0.25) is 0 Å². The summed E-state index contributed by atoms with van der Waals surface area (Å²) in [4.78, 5) is 38.1. The van der Waals surface area contributed by atoms with Crippen molar-refractivity contribution in [3.63, 3.8) is 0 Å². The van der Waals surface area contributed by atoms with Gasteiger partial charge in [-0.25, -0.2) is 14.5 Å². The Bertz CT molecular complexity index is 1090. The second kappa shape index (κ2) is 17.9. The van der Waals surface area contributed by atoms with Crippen molar-refractivity contribution in [3.8, 4) is 0 Å². The first kappa shape index (κ1) is 33.6. The van der Waals surface area contributed by atoms with Crippen LogP contribution in [0.5, 0.6) is 0 Å². The first-order valence-electron chi connectivity index (χ1n) is 14.3. The average Bonchev–Trinajstić information content (AvgIpc) is 3.32. The third kappa shape index (κ3) is 12.2. The van der Waals surface area contributed by atoms with E-state index in [9.17, 15) is 19.5 Å². The van der Waals surface area contributed by atoms with Gasteiger partial charge in [0.2, 0.25) is 5.91 Å². The molecule has 1 aliphatic heterocycles. The fraction of sp³-hybridized carbons (Fsp3) is 0.485. The van der Waals surface area contributed by atoms with Gasteiger partial charge in [0.1, 0.15) is 13.2 Å².